The van der Waals surface area contributed by atoms with Gasteiger partial charge in [0.25, 0.3) is 0 Å². The van der Waals surface area contributed by atoms with E-state index >= 15 is 0 Å². The molecular formula is C15H34N2. The minimum absolute atomic E-state index is 0.638. The molecule has 0 amide bonds. The first-order valence-electron chi connectivity index (χ1n) is 7.27. The maximum atomic E-state index is 3.57. The maximum absolute atomic E-state index is 3.57. The largest absolute Gasteiger partial charge is 0.315 e. The fourth-order valence-corrected chi connectivity index (χ4v) is 2.08. The summed E-state index contributed by atoms with van der Waals surface area (Å²) in [7, 11) is 0. The van der Waals surface area contributed by atoms with E-state index in [2.05, 4.69) is 58.7 Å². The molecule has 0 fully saturated rings. The molecule has 0 aliphatic carbocycles. The second-order valence-electron chi connectivity index (χ2n) is 6.64. The summed E-state index contributed by atoms with van der Waals surface area (Å²) in [6, 6.07) is 0.638. The van der Waals surface area contributed by atoms with Gasteiger partial charge in [0.1, 0.15) is 0 Å². The minimum Gasteiger partial charge on any atom is -0.315 e. The lowest BCUT2D eigenvalue weighted by Gasteiger charge is -2.32. The van der Waals surface area contributed by atoms with Crippen molar-refractivity contribution in [3.8, 4) is 0 Å². The molecule has 104 valence electrons. The van der Waals surface area contributed by atoms with Crippen LogP contribution in [0.1, 0.15) is 48.5 Å². The lowest BCUT2D eigenvalue weighted by atomic mass is 10.1. The van der Waals surface area contributed by atoms with Gasteiger partial charge in [0.05, 0.1) is 0 Å². The molecule has 0 aromatic carbocycles. The third-order valence-electron chi connectivity index (χ3n) is 2.81. The van der Waals surface area contributed by atoms with Gasteiger partial charge < -0.3 is 5.32 Å². The zero-order valence-electron chi connectivity index (χ0n) is 13.1. The zero-order chi connectivity index (χ0) is 13.4. The number of nitrogens with zero attached hydrogens (tertiary/aromatic N) is 1. The van der Waals surface area contributed by atoms with Gasteiger partial charge in [-0.15, -0.1) is 0 Å². The van der Waals surface area contributed by atoms with Crippen LogP contribution in [0.2, 0.25) is 0 Å². The first kappa shape index (κ1) is 16.9. The van der Waals surface area contributed by atoms with Crippen LogP contribution in [0, 0.1) is 17.8 Å². The van der Waals surface area contributed by atoms with Crippen LogP contribution in [0.5, 0.6) is 0 Å². The Morgan fingerprint density at radius 2 is 1.18 bits per heavy atom. The fourth-order valence-electron chi connectivity index (χ4n) is 2.08. The predicted molar refractivity (Wildman–Crippen MR) is 78.4 cm³/mol. The SMILES string of the molecule is CC(C)CNCC(C)N(CC(C)C)CC(C)C. The van der Waals surface area contributed by atoms with Gasteiger partial charge in [-0.25, -0.2) is 0 Å². The maximum Gasteiger partial charge on any atom is 0.0192 e. The molecule has 2 nitrogen and oxygen atoms in total. The van der Waals surface area contributed by atoms with Crippen molar-refractivity contribution in [2.75, 3.05) is 26.2 Å². The van der Waals surface area contributed by atoms with Gasteiger partial charge in [-0.2, -0.15) is 0 Å². The summed E-state index contributed by atoms with van der Waals surface area (Å²) in [6.07, 6.45) is 0. The summed E-state index contributed by atoms with van der Waals surface area (Å²) in [6.45, 7) is 20.8. The first-order chi connectivity index (χ1) is 7.82. The van der Waals surface area contributed by atoms with E-state index in [9.17, 15) is 0 Å². The highest BCUT2D eigenvalue weighted by atomic mass is 15.2. The molecule has 0 bridgehead atoms. The molecule has 1 unspecified atom stereocenters. The molecule has 2 heteroatoms. The van der Waals surface area contributed by atoms with Crippen LogP contribution in [-0.4, -0.2) is 37.1 Å². The van der Waals surface area contributed by atoms with Gasteiger partial charge in [-0.3, -0.25) is 4.90 Å². The molecule has 0 aliphatic rings. The van der Waals surface area contributed by atoms with Crippen molar-refractivity contribution in [2.45, 2.75) is 54.5 Å². The number of hydrogen-bond acceptors (Lipinski definition) is 2. The van der Waals surface area contributed by atoms with Gasteiger partial charge >= 0.3 is 0 Å². The molecular weight excluding hydrogens is 208 g/mol. The summed E-state index contributed by atoms with van der Waals surface area (Å²) in [4.78, 5) is 2.63. The monoisotopic (exact) mass is 242 g/mol. The van der Waals surface area contributed by atoms with E-state index in [0.29, 0.717) is 6.04 Å². The van der Waals surface area contributed by atoms with E-state index < -0.39 is 0 Å². The second-order valence-corrected chi connectivity index (χ2v) is 6.64. The number of hydrogen-bond donors (Lipinski definition) is 1. The van der Waals surface area contributed by atoms with Crippen LogP contribution in [-0.2, 0) is 0 Å². The topological polar surface area (TPSA) is 15.3 Å². The van der Waals surface area contributed by atoms with Crippen molar-refractivity contribution >= 4 is 0 Å². The summed E-state index contributed by atoms with van der Waals surface area (Å²) in [5.74, 6) is 2.24. The quantitative estimate of drug-likeness (QED) is 0.668. The zero-order valence-corrected chi connectivity index (χ0v) is 13.1. The van der Waals surface area contributed by atoms with E-state index in [0.717, 1.165) is 30.8 Å². The highest BCUT2D eigenvalue weighted by Gasteiger charge is 2.15. The van der Waals surface area contributed by atoms with Gasteiger partial charge in [0.2, 0.25) is 0 Å². The Labute approximate surface area is 109 Å². The van der Waals surface area contributed by atoms with Gasteiger partial charge in [-0.05, 0) is 31.2 Å². The first-order valence-corrected chi connectivity index (χ1v) is 7.27. The Morgan fingerprint density at radius 1 is 0.706 bits per heavy atom. The molecule has 0 aromatic rings. The average molecular weight is 242 g/mol. The van der Waals surface area contributed by atoms with Crippen molar-refractivity contribution in [1.29, 1.82) is 0 Å². The standard InChI is InChI=1S/C15H34N2/c1-12(2)8-16-9-15(7)17(10-13(3)4)11-14(5)6/h12-16H,8-11H2,1-7H3. The van der Waals surface area contributed by atoms with Crippen LogP contribution in [0.4, 0.5) is 0 Å². The van der Waals surface area contributed by atoms with Gasteiger partial charge in [0.15, 0.2) is 0 Å². The molecule has 1 N–H and O–H groups in total. The van der Waals surface area contributed by atoms with Crippen LogP contribution in [0.15, 0.2) is 0 Å². The molecule has 1 atom stereocenters. The van der Waals surface area contributed by atoms with Gasteiger partial charge in [-0.1, -0.05) is 41.5 Å². The van der Waals surface area contributed by atoms with Crippen molar-refractivity contribution < 1.29 is 0 Å². The number of rotatable bonds is 9. The predicted octanol–water partition coefficient (Wildman–Crippen LogP) is 3.23. The Hall–Kier alpha value is -0.0800. The smallest absolute Gasteiger partial charge is 0.0192 e. The molecule has 0 rings (SSSR count). The van der Waals surface area contributed by atoms with Crippen LogP contribution in [0.3, 0.4) is 0 Å². The molecule has 0 saturated carbocycles. The Balaban J connectivity index is 4.07. The molecule has 0 aromatic heterocycles. The van der Waals surface area contributed by atoms with Crippen LogP contribution < -0.4 is 5.32 Å². The Kier molecular flexibility index (Phi) is 8.89. The van der Waals surface area contributed by atoms with Crippen molar-refractivity contribution in [3.63, 3.8) is 0 Å². The van der Waals surface area contributed by atoms with E-state index in [-0.39, 0.29) is 0 Å². The van der Waals surface area contributed by atoms with Crippen molar-refractivity contribution in [3.05, 3.63) is 0 Å². The van der Waals surface area contributed by atoms with E-state index in [1.54, 1.807) is 0 Å². The second kappa shape index (κ2) is 8.93. The van der Waals surface area contributed by atoms with Gasteiger partial charge in [0, 0.05) is 25.7 Å². The lowest BCUT2D eigenvalue weighted by molar-refractivity contribution is 0.163. The lowest BCUT2D eigenvalue weighted by Crippen LogP contribution is -2.44. The third-order valence-corrected chi connectivity index (χ3v) is 2.81. The number of nitrogens with one attached hydrogen (secondary N) is 1. The summed E-state index contributed by atoms with van der Waals surface area (Å²) >= 11 is 0. The molecule has 0 heterocycles. The molecule has 0 aliphatic heterocycles. The Morgan fingerprint density at radius 3 is 1.53 bits per heavy atom. The van der Waals surface area contributed by atoms with Crippen molar-refractivity contribution in [2.24, 2.45) is 17.8 Å². The summed E-state index contributed by atoms with van der Waals surface area (Å²) < 4.78 is 0. The molecule has 0 radical (unpaired) electrons. The molecule has 0 saturated heterocycles. The molecule has 0 spiro atoms. The minimum atomic E-state index is 0.638. The normalized spacial score (nSPS) is 14.3. The van der Waals surface area contributed by atoms with E-state index in [1.807, 2.05) is 0 Å². The van der Waals surface area contributed by atoms with Crippen LogP contribution >= 0.6 is 0 Å². The highest BCUT2D eigenvalue weighted by Crippen LogP contribution is 2.08. The summed E-state index contributed by atoms with van der Waals surface area (Å²) in [5.41, 5.74) is 0. The Bertz CT molecular complexity index is 166. The third kappa shape index (κ3) is 9.61. The summed E-state index contributed by atoms with van der Waals surface area (Å²) in [5, 5.41) is 3.57. The van der Waals surface area contributed by atoms with Crippen LogP contribution in [0.25, 0.3) is 0 Å². The van der Waals surface area contributed by atoms with E-state index in [4.69, 9.17) is 0 Å². The highest BCUT2D eigenvalue weighted by molar-refractivity contribution is 4.72. The fraction of sp³-hybridized carbons (Fsp3) is 1.00. The molecule has 17 heavy (non-hydrogen) atoms. The average Bonchev–Trinajstić information content (AvgIpc) is 2.14. The van der Waals surface area contributed by atoms with E-state index in [1.165, 1.54) is 13.1 Å². The van der Waals surface area contributed by atoms with Crippen molar-refractivity contribution in [1.82, 2.24) is 10.2 Å².